The molecule has 0 spiro atoms. The van der Waals surface area contributed by atoms with Gasteiger partial charge in [0.25, 0.3) is 0 Å². The van der Waals surface area contributed by atoms with Gasteiger partial charge in [-0.25, -0.2) is 0 Å². The number of hydrogen-bond donors (Lipinski definition) is 1. The predicted molar refractivity (Wildman–Crippen MR) is 107 cm³/mol. The highest BCUT2D eigenvalue weighted by molar-refractivity contribution is 5.94. The number of hydrogen-bond acceptors (Lipinski definition) is 4. The van der Waals surface area contributed by atoms with Crippen LogP contribution in [0.5, 0.6) is 11.5 Å². The highest BCUT2D eigenvalue weighted by atomic mass is 16.5. The first-order valence-electron chi connectivity index (χ1n) is 10.2. The maximum Gasteiger partial charge on any atom is 0.220 e. The summed E-state index contributed by atoms with van der Waals surface area (Å²) in [4.78, 5) is 23.7. The Balaban J connectivity index is 1.73. The van der Waals surface area contributed by atoms with Crippen LogP contribution in [0.1, 0.15) is 75.6 Å². The molecule has 2 unspecified atom stereocenters. The lowest BCUT2D eigenvalue weighted by molar-refractivity contribution is -0.122. The van der Waals surface area contributed by atoms with E-state index in [9.17, 15) is 9.59 Å². The Morgan fingerprint density at radius 2 is 2.00 bits per heavy atom. The predicted octanol–water partition coefficient (Wildman–Crippen LogP) is 4.53. The van der Waals surface area contributed by atoms with E-state index in [0.717, 1.165) is 6.42 Å². The van der Waals surface area contributed by atoms with Crippen LogP contribution in [0.2, 0.25) is 0 Å². The van der Waals surface area contributed by atoms with Crippen LogP contribution in [-0.2, 0) is 4.79 Å². The summed E-state index contributed by atoms with van der Waals surface area (Å²) in [5.41, 5.74) is 0.591. The number of ether oxygens (including phenoxy) is 2. The summed E-state index contributed by atoms with van der Waals surface area (Å²) in [6, 6.07) is 5.50. The van der Waals surface area contributed by atoms with Crippen LogP contribution >= 0.6 is 0 Å². The molecule has 0 saturated heterocycles. The second-order valence-corrected chi connectivity index (χ2v) is 7.38. The molecular weight excluding hydrogens is 342 g/mol. The molecule has 0 aromatic heterocycles. The molecular formula is C22H33NO4. The molecule has 2 atom stereocenters. The van der Waals surface area contributed by atoms with Gasteiger partial charge in [0.2, 0.25) is 5.91 Å². The van der Waals surface area contributed by atoms with E-state index in [1.165, 1.54) is 39.0 Å². The standard InChI is InChI=1S/C22H33NO4/c1-4-5-8-17-9-6-10-19(17)23-22(25)11-7-14-27-20-13-12-18(16(2)24)15-21(20)26-3/h12-13,15,17,19H,4-11,14H2,1-3H3,(H,23,25). The first kappa shape index (κ1) is 21.3. The molecule has 0 radical (unpaired) electrons. The molecule has 1 N–H and O–H groups in total. The minimum Gasteiger partial charge on any atom is -0.493 e. The number of nitrogens with one attached hydrogen (secondary N) is 1. The summed E-state index contributed by atoms with van der Waals surface area (Å²) in [5, 5.41) is 3.22. The van der Waals surface area contributed by atoms with Gasteiger partial charge in [0.05, 0.1) is 13.7 Å². The molecule has 0 aliphatic heterocycles. The SMILES string of the molecule is CCCCC1CCCC1NC(=O)CCCOc1ccc(C(C)=O)cc1OC. The van der Waals surface area contributed by atoms with E-state index in [4.69, 9.17) is 9.47 Å². The van der Waals surface area contributed by atoms with Gasteiger partial charge < -0.3 is 14.8 Å². The van der Waals surface area contributed by atoms with Crippen LogP contribution in [0.3, 0.4) is 0 Å². The monoisotopic (exact) mass is 375 g/mol. The Hall–Kier alpha value is -2.04. The molecule has 1 aromatic rings. The lowest BCUT2D eigenvalue weighted by Crippen LogP contribution is -2.37. The van der Waals surface area contributed by atoms with Crippen molar-refractivity contribution >= 4 is 11.7 Å². The zero-order valence-corrected chi connectivity index (χ0v) is 16.9. The van der Waals surface area contributed by atoms with Crippen molar-refractivity contribution in [3.8, 4) is 11.5 Å². The maximum atomic E-state index is 12.2. The summed E-state index contributed by atoms with van der Waals surface area (Å²) in [7, 11) is 1.55. The largest absolute Gasteiger partial charge is 0.493 e. The minimum atomic E-state index is -0.0133. The molecule has 0 heterocycles. The van der Waals surface area contributed by atoms with E-state index in [0.29, 0.717) is 48.5 Å². The van der Waals surface area contributed by atoms with Gasteiger partial charge in [-0.15, -0.1) is 0 Å². The number of unbranched alkanes of at least 4 members (excludes halogenated alkanes) is 1. The summed E-state index contributed by atoms with van der Waals surface area (Å²) in [5.74, 6) is 1.89. The van der Waals surface area contributed by atoms with Crippen molar-refractivity contribution in [2.45, 2.75) is 71.3 Å². The average Bonchev–Trinajstić information content (AvgIpc) is 3.10. The second-order valence-electron chi connectivity index (χ2n) is 7.38. The summed E-state index contributed by atoms with van der Waals surface area (Å²) in [6.45, 7) is 4.17. The summed E-state index contributed by atoms with van der Waals surface area (Å²) < 4.78 is 11.0. The fourth-order valence-electron chi connectivity index (χ4n) is 3.74. The van der Waals surface area contributed by atoms with Gasteiger partial charge in [0, 0.05) is 18.0 Å². The molecule has 5 nitrogen and oxygen atoms in total. The van der Waals surface area contributed by atoms with Gasteiger partial charge in [0.1, 0.15) is 0 Å². The van der Waals surface area contributed by atoms with Crippen molar-refractivity contribution in [3.63, 3.8) is 0 Å². The molecule has 2 rings (SSSR count). The zero-order chi connectivity index (χ0) is 19.6. The molecule has 1 aliphatic carbocycles. The van der Waals surface area contributed by atoms with Gasteiger partial charge >= 0.3 is 0 Å². The van der Waals surface area contributed by atoms with Crippen molar-refractivity contribution in [2.75, 3.05) is 13.7 Å². The quantitative estimate of drug-likeness (QED) is 0.456. The number of carbonyl (C=O) groups excluding carboxylic acids is 2. The number of Topliss-reactive ketones (excluding diaryl/α,β-unsaturated/α-hetero) is 1. The highest BCUT2D eigenvalue weighted by Gasteiger charge is 2.27. The van der Waals surface area contributed by atoms with E-state index in [1.54, 1.807) is 25.3 Å². The van der Waals surface area contributed by atoms with E-state index >= 15 is 0 Å². The molecule has 5 heteroatoms. The van der Waals surface area contributed by atoms with Crippen LogP contribution in [0.4, 0.5) is 0 Å². The van der Waals surface area contributed by atoms with Gasteiger partial charge in [-0.05, 0) is 56.7 Å². The smallest absolute Gasteiger partial charge is 0.220 e. The normalized spacial score (nSPS) is 18.9. The third-order valence-electron chi connectivity index (χ3n) is 5.31. The number of ketones is 1. The number of amides is 1. The van der Waals surface area contributed by atoms with Gasteiger partial charge in [-0.3, -0.25) is 9.59 Å². The molecule has 1 aliphatic rings. The minimum absolute atomic E-state index is 0.0133. The molecule has 1 amide bonds. The third-order valence-corrected chi connectivity index (χ3v) is 5.31. The fraction of sp³-hybridized carbons (Fsp3) is 0.636. The highest BCUT2D eigenvalue weighted by Crippen LogP contribution is 2.30. The van der Waals surface area contributed by atoms with Crippen molar-refractivity contribution in [1.82, 2.24) is 5.32 Å². The molecule has 0 bridgehead atoms. The van der Waals surface area contributed by atoms with Crippen LogP contribution in [0.25, 0.3) is 0 Å². The molecule has 27 heavy (non-hydrogen) atoms. The number of methoxy groups -OCH3 is 1. The van der Waals surface area contributed by atoms with Crippen LogP contribution < -0.4 is 14.8 Å². The summed E-state index contributed by atoms with van der Waals surface area (Å²) in [6.07, 6.45) is 8.36. The zero-order valence-electron chi connectivity index (χ0n) is 16.9. The Morgan fingerprint density at radius 3 is 2.70 bits per heavy atom. The number of carbonyl (C=O) groups is 2. The molecule has 150 valence electrons. The fourth-order valence-corrected chi connectivity index (χ4v) is 3.74. The first-order valence-corrected chi connectivity index (χ1v) is 10.2. The van der Waals surface area contributed by atoms with Crippen molar-refractivity contribution < 1.29 is 19.1 Å². The van der Waals surface area contributed by atoms with Gasteiger partial charge in [-0.2, -0.15) is 0 Å². The van der Waals surface area contributed by atoms with Gasteiger partial charge in [0.15, 0.2) is 17.3 Å². The van der Waals surface area contributed by atoms with Crippen molar-refractivity contribution in [2.24, 2.45) is 5.92 Å². The van der Waals surface area contributed by atoms with E-state index in [-0.39, 0.29) is 11.7 Å². The van der Waals surface area contributed by atoms with Crippen LogP contribution in [0.15, 0.2) is 18.2 Å². The van der Waals surface area contributed by atoms with Crippen molar-refractivity contribution in [3.05, 3.63) is 23.8 Å². The summed E-state index contributed by atoms with van der Waals surface area (Å²) >= 11 is 0. The second kappa shape index (κ2) is 11.0. The van der Waals surface area contributed by atoms with Crippen LogP contribution in [-0.4, -0.2) is 31.4 Å². The molecule has 1 saturated carbocycles. The Bertz CT molecular complexity index is 629. The topological polar surface area (TPSA) is 64.6 Å². The Labute approximate surface area is 162 Å². The molecule has 1 fully saturated rings. The lowest BCUT2D eigenvalue weighted by atomic mass is 9.96. The maximum absolute atomic E-state index is 12.2. The van der Waals surface area contributed by atoms with Crippen LogP contribution in [0, 0.1) is 5.92 Å². The first-order chi connectivity index (χ1) is 13.0. The van der Waals surface area contributed by atoms with Crippen molar-refractivity contribution in [1.29, 1.82) is 0 Å². The van der Waals surface area contributed by atoms with E-state index in [1.807, 2.05) is 0 Å². The number of rotatable bonds is 11. The van der Waals surface area contributed by atoms with Gasteiger partial charge in [-0.1, -0.05) is 26.2 Å². The number of benzene rings is 1. The Kier molecular flexibility index (Phi) is 8.62. The lowest BCUT2D eigenvalue weighted by Gasteiger charge is -2.21. The van der Waals surface area contributed by atoms with E-state index in [2.05, 4.69) is 12.2 Å². The molecule has 1 aromatic carbocycles. The van der Waals surface area contributed by atoms with E-state index < -0.39 is 0 Å². The average molecular weight is 376 g/mol. The Morgan fingerprint density at radius 1 is 1.19 bits per heavy atom. The third kappa shape index (κ3) is 6.56.